The predicted molar refractivity (Wildman–Crippen MR) is 74.7 cm³/mol. The maximum Gasteiger partial charge on any atom is 0.242 e. The Kier molecular flexibility index (Phi) is 5.91. The fraction of sp³-hybridized carbons (Fsp3) is 0.500. The molecule has 1 aromatic rings. The van der Waals surface area contributed by atoms with Gasteiger partial charge in [0.05, 0.1) is 0 Å². The molecule has 0 aromatic carbocycles. The summed E-state index contributed by atoms with van der Waals surface area (Å²) in [4.78, 5) is 4.03. The van der Waals surface area contributed by atoms with Gasteiger partial charge in [0.25, 0.3) is 0 Å². The molecule has 7 heteroatoms. The van der Waals surface area contributed by atoms with Crippen LogP contribution in [-0.4, -0.2) is 30.9 Å². The quantitative estimate of drug-likeness (QED) is 0.864. The number of sulfonamides is 1. The highest BCUT2D eigenvalue weighted by molar-refractivity contribution is 9.10. The van der Waals surface area contributed by atoms with Gasteiger partial charge in [-0.05, 0) is 34.7 Å². The number of hydrogen-bond acceptors (Lipinski definition) is 4. The molecule has 0 bridgehead atoms. The van der Waals surface area contributed by atoms with E-state index in [-0.39, 0.29) is 10.9 Å². The second-order valence-electron chi connectivity index (χ2n) is 3.52. The van der Waals surface area contributed by atoms with Crippen LogP contribution in [0.1, 0.15) is 13.8 Å². The van der Waals surface area contributed by atoms with Gasteiger partial charge >= 0.3 is 0 Å². The van der Waals surface area contributed by atoms with Gasteiger partial charge in [0, 0.05) is 28.7 Å². The zero-order valence-corrected chi connectivity index (χ0v) is 12.9. The van der Waals surface area contributed by atoms with Crippen molar-refractivity contribution < 1.29 is 8.42 Å². The van der Waals surface area contributed by atoms with E-state index in [0.29, 0.717) is 4.47 Å². The Morgan fingerprint density at radius 1 is 1.53 bits per heavy atom. The van der Waals surface area contributed by atoms with Crippen molar-refractivity contribution in [2.75, 3.05) is 11.5 Å². The van der Waals surface area contributed by atoms with Crippen LogP contribution in [0.2, 0.25) is 0 Å². The van der Waals surface area contributed by atoms with E-state index in [2.05, 4.69) is 25.6 Å². The number of thioether (sulfide) groups is 1. The Morgan fingerprint density at radius 3 is 2.82 bits per heavy atom. The summed E-state index contributed by atoms with van der Waals surface area (Å²) in [6.45, 7) is 3.90. The van der Waals surface area contributed by atoms with Crippen molar-refractivity contribution in [2.45, 2.75) is 24.8 Å². The van der Waals surface area contributed by atoms with E-state index in [4.69, 9.17) is 0 Å². The molecule has 0 aliphatic heterocycles. The summed E-state index contributed by atoms with van der Waals surface area (Å²) < 4.78 is 27.2. The van der Waals surface area contributed by atoms with E-state index in [1.807, 2.05) is 13.8 Å². The fourth-order valence-corrected chi connectivity index (χ4v) is 3.73. The van der Waals surface area contributed by atoms with Crippen LogP contribution in [0.25, 0.3) is 0 Å². The number of halogens is 1. The van der Waals surface area contributed by atoms with E-state index in [0.717, 1.165) is 11.5 Å². The summed E-state index contributed by atoms with van der Waals surface area (Å²) in [6, 6.07) is 1.44. The summed E-state index contributed by atoms with van der Waals surface area (Å²) in [6.07, 6.45) is 2.89. The van der Waals surface area contributed by atoms with Gasteiger partial charge in [-0.25, -0.2) is 13.1 Å². The molecule has 4 nitrogen and oxygen atoms in total. The highest BCUT2D eigenvalue weighted by atomic mass is 79.9. The molecule has 0 saturated heterocycles. The summed E-state index contributed by atoms with van der Waals surface area (Å²) in [5.41, 5.74) is 0. The lowest BCUT2D eigenvalue weighted by Crippen LogP contribution is -2.34. The Bertz CT molecular complexity index is 465. The van der Waals surface area contributed by atoms with E-state index < -0.39 is 10.0 Å². The number of hydrogen-bond donors (Lipinski definition) is 1. The molecular weight excluding hydrogens is 324 g/mol. The van der Waals surface area contributed by atoms with Crippen LogP contribution in [0.5, 0.6) is 0 Å². The number of pyridine rings is 1. The van der Waals surface area contributed by atoms with E-state index >= 15 is 0 Å². The zero-order valence-electron chi connectivity index (χ0n) is 9.68. The van der Waals surface area contributed by atoms with Gasteiger partial charge in [-0.3, -0.25) is 4.98 Å². The first-order chi connectivity index (χ1) is 7.95. The van der Waals surface area contributed by atoms with Crippen LogP contribution in [0.4, 0.5) is 0 Å². The molecule has 0 amide bonds. The van der Waals surface area contributed by atoms with Gasteiger partial charge < -0.3 is 0 Å². The van der Waals surface area contributed by atoms with Crippen molar-refractivity contribution in [1.29, 1.82) is 0 Å². The molecule has 1 rings (SSSR count). The van der Waals surface area contributed by atoms with Crippen LogP contribution in [0, 0.1) is 0 Å². The molecular formula is C10H15BrN2O2S2. The van der Waals surface area contributed by atoms with Crippen LogP contribution < -0.4 is 4.72 Å². The Balaban J connectivity index is 2.75. The van der Waals surface area contributed by atoms with Crippen molar-refractivity contribution in [1.82, 2.24) is 9.71 Å². The Hall–Kier alpha value is -0.110. The Morgan fingerprint density at radius 2 is 2.24 bits per heavy atom. The monoisotopic (exact) mass is 338 g/mol. The van der Waals surface area contributed by atoms with Gasteiger partial charge in [-0.15, -0.1) is 0 Å². The zero-order chi connectivity index (χ0) is 12.9. The number of rotatable bonds is 6. The first-order valence-electron chi connectivity index (χ1n) is 5.16. The average molecular weight is 339 g/mol. The molecule has 1 heterocycles. The van der Waals surface area contributed by atoms with Gasteiger partial charge in [0.2, 0.25) is 10.0 Å². The molecule has 1 N–H and O–H groups in total. The predicted octanol–water partition coefficient (Wildman–Crippen LogP) is 2.26. The third kappa shape index (κ3) is 4.95. The van der Waals surface area contributed by atoms with Crippen LogP contribution in [0.15, 0.2) is 27.8 Å². The molecule has 0 fully saturated rings. The summed E-state index contributed by atoms with van der Waals surface area (Å²) in [5.74, 6) is 1.74. The van der Waals surface area contributed by atoms with Gasteiger partial charge in [0.1, 0.15) is 4.90 Å². The fourth-order valence-electron chi connectivity index (χ4n) is 1.20. The molecule has 17 heavy (non-hydrogen) atoms. The summed E-state index contributed by atoms with van der Waals surface area (Å²) in [7, 11) is -3.47. The van der Waals surface area contributed by atoms with E-state index in [9.17, 15) is 8.42 Å². The molecule has 96 valence electrons. The van der Waals surface area contributed by atoms with Gasteiger partial charge in [0.15, 0.2) is 0 Å². The molecule has 0 spiro atoms. The largest absolute Gasteiger partial charge is 0.262 e. The third-order valence-corrected chi connectivity index (χ3v) is 5.05. The standard InChI is InChI=1S/C10H15BrN2O2S2/c1-3-16-7-8(2)13-17(14,15)10-4-9(11)5-12-6-10/h4-6,8,13H,3,7H2,1-2H3. The Labute approximate surface area is 115 Å². The van der Waals surface area contributed by atoms with Crippen LogP contribution in [-0.2, 0) is 10.0 Å². The molecule has 0 aliphatic carbocycles. The lowest BCUT2D eigenvalue weighted by Gasteiger charge is -2.13. The van der Waals surface area contributed by atoms with Crippen LogP contribution >= 0.6 is 27.7 Å². The van der Waals surface area contributed by atoms with Crippen molar-refractivity contribution in [2.24, 2.45) is 0 Å². The topological polar surface area (TPSA) is 59.1 Å². The van der Waals surface area contributed by atoms with E-state index in [1.54, 1.807) is 18.0 Å². The second kappa shape index (κ2) is 6.72. The molecule has 1 atom stereocenters. The van der Waals surface area contributed by atoms with Crippen molar-refractivity contribution in [3.8, 4) is 0 Å². The molecule has 1 aromatic heterocycles. The lowest BCUT2D eigenvalue weighted by molar-refractivity contribution is 0.570. The third-order valence-electron chi connectivity index (χ3n) is 1.92. The van der Waals surface area contributed by atoms with Gasteiger partial charge in [-0.2, -0.15) is 11.8 Å². The normalized spacial score (nSPS) is 13.6. The second-order valence-corrected chi connectivity index (χ2v) is 7.47. The maximum atomic E-state index is 12.0. The van der Waals surface area contributed by atoms with Gasteiger partial charge in [-0.1, -0.05) is 6.92 Å². The lowest BCUT2D eigenvalue weighted by atomic mass is 10.4. The minimum Gasteiger partial charge on any atom is -0.262 e. The van der Waals surface area contributed by atoms with Crippen molar-refractivity contribution in [3.63, 3.8) is 0 Å². The first-order valence-corrected chi connectivity index (χ1v) is 8.59. The number of nitrogens with one attached hydrogen (secondary N) is 1. The van der Waals surface area contributed by atoms with Crippen molar-refractivity contribution >= 4 is 37.7 Å². The molecule has 1 unspecified atom stereocenters. The SMILES string of the molecule is CCSCC(C)NS(=O)(=O)c1cncc(Br)c1. The molecule has 0 aliphatic rings. The smallest absolute Gasteiger partial charge is 0.242 e. The molecule has 0 radical (unpaired) electrons. The van der Waals surface area contributed by atoms with Crippen molar-refractivity contribution in [3.05, 3.63) is 22.9 Å². The summed E-state index contributed by atoms with van der Waals surface area (Å²) in [5, 5.41) is 0. The highest BCUT2D eigenvalue weighted by Crippen LogP contribution is 2.15. The van der Waals surface area contributed by atoms with E-state index in [1.165, 1.54) is 12.3 Å². The number of nitrogens with zero attached hydrogens (tertiary/aromatic N) is 1. The maximum absolute atomic E-state index is 12.0. The summed E-state index contributed by atoms with van der Waals surface area (Å²) >= 11 is 4.91. The minimum atomic E-state index is -3.47. The minimum absolute atomic E-state index is 0.0936. The number of aromatic nitrogens is 1. The highest BCUT2D eigenvalue weighted by Gasteiger charge is 2.17. The first kappa shape index (κ1) is 14.9. The molecule has 0 saturated carbocycles. The average Bonchev–Trinajstić information content (AvgIpc) is 2.26. The van der Waals surface area contributed by atoms with Crippen LogP contribution in [0.3, 0.4) is 0 Å².